The van der Waals surface area contributed by atoms with Crippen molar-refractivity contribution in [1.29, 1.82) is 0 Å². The number of pyridine rings is 1. The first-order valence-corrected chi connectivity index (χ1v) is 7.23. The molecular formula is C18H16N2O3. The number of carbonyl (C=O) groups is 1. The van der Waals surface area contributed by atoms with E-state index >= 15 is 0 Å². The number of amides is 1. The average Bonchev–Trinajstić information content (AvgIpc) is 3.14. The first kappa shape index (κ1) is 14.8. The zero-order valence-electron chi connectivity index (χ0n) is 12.4. The normalized spacial score (nSPS) is 10.3. The molecule has 116 valence electrons. The summed E-state index contributed by atoms with van der Waals surface area (Å²) in [4.78, 5) is 16.1. The Hall–Kier alpha value is -3.08. The van der Waals surface area contributed by atoms with Crippen molar-refractivity contribution >= 4 is 5.91 Å². The van der Waals surface area contributed by atoms with Crippen LogP contribution in [0.2, 0.25) is 0 Å². The molecular weight excluding hydrogens is 292 g/mol. The van der Waals surface area contributed by atoms with E-state index in [1.54, 1.807) is 18.7 Å². The zero-order valence-corrected chi connectivity index (χ0v) is 12.4. The van der Waals surface area contributed by atoms with Gasteiger partial charge in [0.2, 0.25) is 0 Å². The quantitative estimate of drug-likeness (QED) is 0.760. The molecule has 0 aliphatic carbocycles. The number of hydrogen-bond acceptors (Lipinski definition) is 4. The maximum absolute atomic E-state index is 11.8. The highest BCUT2D eigenvalue weighted by molar-refractivity contribution is 5.77. The van der Waals surface area contributed by atoms with Gasteiger partial charge in [0, 0.05) is 18.3 Å². The topological polar surface area (TPSA) is 64.4 Å². The van der Waals surface area contributed by atoms with Crippen molar-refractivity contribution in [3.8, 4) is 17.0 Å². The van der Waals surface area contributed by atoms with Crippen molar-refractivity contribution in [3.63, 3.8) is 0 Å². The molecule has 3 rings (SSSR count). The van der Waals surface area contributed by atoms with E-state index in [0.29, 0.717) is 12.3 Å². The second-order valence-electron chi connectivity index (χ2n) is 4.94. The molecule has 1 amide bonds. The number of hydrogen-bond donors (Lipinski definition) is 1. The Balaban J connectivity index is 1.47. The standard InChI is InChI=1S/C18H16N2O3/c21-18(13-23-16-4-2-1-3-5-16)20-11-14-6-7-17(19-10-14)15-8-9-22-12-15/h1-10,12H,11,13H2,(H,20,21). The van der Waals surface area contributed by atoms with Crippen LogP contribution in [0.4, 0.5) is 0 Å². The Morgan fingerprint density at radius 3 is 2.70 bits per heavy atom. The number of carbonyl (C=O) groups excluding carboxylic acids is 1. The predicted octanol–water partition coefficient (Wildman–Crippen LogP) is 3.04. The van der Waals surface area contributed by atoms with E-state index < -0.39 is 0 Å². The van der Waals surface area contributed by atoms with E-state index in [1.165, 1.54) is 0 Å². The lowest BCUT2D eigenvalue weighted by molar-refractivity contribution is -0.123. The van der Waals surface area contributed by atoms with Crippen molar-refractivity contribution in [3.05, 3.63) is 72.8 Å². The van der Waals surface area contributed by atoms with Gasteiger partial charge in [-0.3, -0.25) is 9.78 Å². The van der Waals surface area contributed by atoms with E-state index in [-0.39, 0.29) is 12.5 Å². The summed E-state index contributed by atoms with van der Waals surface area (Å²) in [6.07, 6.45) is 4.99. The second-order valence-corrected chi connectivity index (χ2v) is 4.94. The summed E-state index contributed by atoms with van der Waals surface area (Å²) in [5.74, 6) is 0.501. The molecule has 23 heavy (non-hydrogen) atoms. The van der Waals surface area contributed by atoms with Gasteiger partial charge < -0.3 is 14.5 Å². The summed E-state index contributed by atoms with van der Waals surface area (Å²) in [7, 11) is 0. The third kappa shape index (κ3) is 4.20. The van der Waals surface area contributed by atoms with Crippen LogP contribution in [0.5, 0.6) is 5.75 Å². The number of para-hydroxylation sites is 1. The molecule has 0 aliphatic rings. The Bertz CT molecular complexity index is 738. The number of nitrogens with one attached hydrogen (secondary N) is 1. The van der Waals surface area contributed by atoms with Gasteiger partial charge in [0.25, 0.3) is 5.91 Å². The maximum Gasteiger partial charge on any atom is 0.258 e. The molecule has 5 heteroatoms. The molecule has 2 aromatic heterocycles. The molecule has 0 unspecified atom stereocenters. The summed E-state index contributed by atoms with van der Waals surface area (Å²) in [6.45, 7) is 0.403. The van der Waals surface area contributed by atoms with E-state index in [0.717, 1.165) is 16.8 Å². The lowest BCUT2D eigenvalue weighted by atomic mass is 10.2. The number of ether oxygens (including phenoxy) is 1. The van der Waals surface area contributed by atoms with Crippen LogP contribution in [0.15, 0.2) is 71.7 Å². The molecule has 2 heterocycles. The van der Waals surface area contributed by atoms with Crippen LogP contribution in [0, 0.1) is 0 Å². The number of aromatic nitrogens is 1. The van der Waals surface area contributed by atoms with E-state index in [2.05, 4.69) is 10.3 Å². The minimum atomic E-state index is -0.173. The van der Waals surface area contributed by atoms with Gasteiger partial charge in [0.1, 0.15) is 5.75 Å². The van der Waals surface area contributed by atoms with Gasteiger partial charge in [0.05, 0.1) is 18.2 Å². The highest BCUT2D eigenvalue weighted by Gasteiger charge is 2.04. The van der Waals surface area contributed by atoms with Crippen LogP contribution < -0.4 is 10.1 Å². The lowest BCUT2D eigenvalue weighted by Gasteiger charge is -2.07. The van der Waals surface area contributed by atoms with Gasteiger partial charge >= 0.3 is 0 Å². The molecule has 5 nitrogen and oxygen atoms in total. The Morgan fingerprint density at radius 2 is 2.00 bits per heavy atom. The summed E-state index contributed by atoms with van der Waals surface area (Å²) in [5.41, 5.74) is 2.68. The number of benzene rings is 1. The van der Waals surface area contributed by atoms with E-state index in [1.807, 2.05) is 48.5 Å². The molecule has 0 spiro atoms. The molecule has 0 bridgehead atoms. The first-order chi connectivity index (χ1) is 11.3. The lowest BCUT2D eigenvalue weighted by Crippen LogP contribution is -2.28. The fraction of sp³-hybridized carbons (Fsp3) is 0.111. The maximum atomic E-state index is 11.8. The minimum Gasteiger partial charge on any atom is -0.484 e. The smallest absolute Gasteiger partial charge is 0.258 e. The summed E-state index contributed by atoms with van der Waals surface area (Å²) >= 11 is 0. The van der Waals surface area contributed by atoms with Crippen molar-refractivity contribution < 1.29 is 13.9 Å². The van der Waals surface area contributed by atoms with Crippen LogP contribution in [0.25, 0.3) is 11.3 Å². The average molecular weight is 308 g/mol. The first-order valence-electron chi connectivity index (χ1n) is 7.23. The predicted molar refractivity (Wildman–Crippen MR) is 85.7 cm³/mol. The monoisotopic (exact) mass is 308 g/mol. The van der Waals surface area contributed by atoms with E-state index in [9.17, 15) is 4.79 Å². The van der Waals surface area contributed by atoms with Gasteiger partial charge in [0.15, 0.2) is 6.61 Å². The van der Waals surface area contributed by atoms with Gasteiger partial charge in [-0.15, -0.1) is 0 Å². The molecule has 0 atom stereocenters. The SMILES string of the molecule is O=C(COc1ccccc1)NCc1ccc(-c2ccoc2)nc1. The van der Waals surface area contributed by atoms with Crippen LogP contribution in [0.1, 0.15) is 5.56 Å². The number of furan rings is 1. The fourth-order valence-corrected chi connectivity index (χ4v) is 2.03. The molecule has 3 aromatic rings. The van der Waals surface area contributed by atoms with Crippen molar-refractivity contribution in [2.24, 2.45) is 0 Å². The highest BCUT2D eigenvalue weighted by atomic mass is 16.5. The largest absolute Gasteiger partial charge is 0.484 e. The van der Waals surface area contributed by atoms with Gasteiger partial charge in [-0.25, -0.2) is 0 Å². The second kappa shape index (κ2) is 7.26. The molecule has 0 aliphatic heterocycles. The third-order valence-electron chi connectivity index (χ3n) is 3.24. The summed E-state index contributed by atoms with van der Waals surface area (Å²) < 4.78 is 10.4. The van der Waals surface area contributed by atoms with Gasteiger partial charge in [-0.1, -0.05) is 24.3 Å². The van der Waals surface area contributed by atoms with E-state index in [4.69, 9.17) is 9.15 Å². The Morgan fingerprint density at radius 1 is 1.13 bits per heavy atom. The zero-order chi connectivity index (χ0) is 15.9. The van der Waals surface area contributed by atoms with Crippen molar-refractivity contribution in [2.45, 2.75) is 6.54 Å². The van der Waals surface area contributed by atoms with Gasteiger partial charge in [-0.05, 0) is 29.8 Å². The van der Waals surface area contributed by atoms with Crippen LogP contribution in [0.3, 0.4) is 0 Å². The highest BCUT2D eigenvalue weighted by Crippen LogP contribution is 2.17. The van der Waals surface area contributed by atoms with Crippen molar-refractivity contribution in [2.75, 3.05) is 6.61 Å². The molecule has 0 saturated heterocycles. The summed E-state index contributed by atoms with van der Waals surface area (Å²) in [5, 5.41) is 2.80. The number of rotatable bonds is 6. The van der Waals surface area contributed by atoms with Crippen LogP contribution in [-0.4, -0.2) is 17.5 Å². The Kier molecular flexibility index (Phi) is 4.69. The molecule has 1 aromatic carbocycles. The summed E-state index contributed by atoms with van der Waals surface area (Å²) in [6, 6.07) is 14.9. The molecule has 0 fully saturated rings. The third-order valence-corrected chi connectivity index (χ3v) is 3.24. The number of nitrogens with zero attached hydrogens (tertiary/aromatic N) is 1. The van der Waals surface area contributed by atoms with Gasteiger partial charge in [-0.2, -0.15) is 0 Å². The minimum absolute atomic E-state index is 0.00938. The van der Waals surface area contributed by atoms with Crippen LogP contribution >= 0.6 is 0 Å². The van der Waals surface area contributed by atoms with Crippen LogP contribution in [-0.2, 0) is 11.3 Å². The Labute approximate surface area is 133 Å². The molecule has 0 radical (unpaired) electrons. The fourth-order valence-electron chi connectivity index (χ4n) is 2.03. The van der Waals surface area contributed by atoms with Crippen molar-refractivity contribution in [1.82, 2.24) is 10.3 Å². The molecule has 1 N–H and O–H groups in total. The molecule has 0 saturated carbocycles.